The van der Waals surface area contributed by atoms with Crippen LogP contribution < -0.4 is 4.90 Å². The van der Waals surface area contributed by atoms with Crippen molar-refractivity contribution in [3.63, 3.8) is 0 Å². The molecule has 1 aliphatic carbocycles. The molecule has 1 nitrogen and oxygen atoms in total. The van der Waals surface area contributed by atoms with Crippen molar-refractivity contribution in [2.24, 2.45) is 0 Å². The van der Waals surface area contributed by atoms with E-state index >= 15 is 0 Å². The largest absolute Gasteiger partial charge is 0.310 e. The molecule has 0 fully saturated rings. The van der Waals surface area contributed by atoms with Crippen LogP contribution in [-0.2, 0) is 5.41 Å². The molecule has 0 heterocycles. The zero-order valence-corrected chi connectivity index (χ0v) is 31.5. The summed E-state index contributed by atoms with van der Waals surface area (Å²) in [5.41, 5.74) is 13.5. The minimum atomic E-state index is -0.192. The lowest BCUT2D eigenvalue weighted by Gasteiger charge is -2.34. The highest BCUT2D eigenvalue weighted by molar-refractivity contribution is 6.25. The summed E-state index contributed by atoms with van der Waals surface area (Å²) in [6.45, 7) is 4.77. The normalized spacial score (nSPS) is 13.0. The van der Waals surface area contributed by atoms with Crippen molar-refractivity contribution in [2.75, 3.05) is 4.90 Å². The third-order valence-electron chi connectivity index (χ3n) is 12.2. The third-order valence-corrected chi connectivity index (χ3v) is 12.2. The molecule has 0 N–H and O–H groups in total. The Bertz CT molecular complexity index is 3120. The number of hydrogen-bond donors (Lipinski definition) is 0. The Morgan fingerprint density at radius 3 is 1.66 bits per heavy atom. The molecule has 0 saturated heterocycles. The summed E-state index contributed by atoms with van der Waals surface area (Å²) in [5, 5.41) is 10.2. The second-order valence-electron chi connectivity index (χ2n) is 15.7. The van der Waals surface area contributed by atoms with E-state index in [9.17, 15) is 0 Å². The van der Waals surface area contributed by atoms with Crippen LogP contribution in [0.3, 0.4) is 0 Å². The Labute approximate surface area is 327 Å². The van der Waals surface area contributed by atoms with Gasteiger partial charge in [-0.2, -0.15) is 0 Å². The van der Waals surface area contributed by atoms with Gasteiger partial charge in [-0.3, -0.25) is 0 Å². The van der Waals surface area contributed by atoms with E-state index in [2.05, 4.69) is 219 Å². The molecule has 0 bridgehead atoms. The molecule has 0 unspecified atom stereocenters. The molecule has 11 rings (SSSR count). The first kappa shape index (κ1) is 32.5. The highest BCUT2D eigenvalue weighted by atomic mass is 15.1. The van der Waals surface area contributed by atoms with Gasteiger partial charge in [-0.05, 0) is 112 Å². The van der Waals surface area contributed by atoms with Crippen molar-refractivity contribution < 1.29 is 0 Å². The summed E-state index contributed by atoms with van der Waals surface area (Å²) < 4.78 is 0. The SMILES string of the molecule is CC1(C)c2ccccc2-c2cccc(N(c3ccc(-c4ccc5c6ccccc6c6ccccc6c5c4)cc3)c3ccc4ccccc4c3-c3ccccc3)c21. The van der Waals surface area contributed by atoms with Gasteiger partial charge in [0.2, 0.25) is 0 Å². The van der Waals surface area contributed by atoms with Crippen LogP contribution in [0.1, 0.15) is 25.0 Å². The Kier molecular flexibility index (Phi) is 7.28. The van der Waals surface area contributed by atoms with E-state index in [1.807, 2.05) is 0 Å². The van der Waals surface area contributed by atoms with Gasteiger partial charge in [-0.1, -0.05) is 184 Å². The maximum absolute atomic E-state index is 2.52. The molecule has 56 heavy (non-hydrogen) atoms. The molecule has 1 heteroatoms. The van der Waals surface area contributed by atoms with E-state index in [-0.39, 0.29) is 5.41 Å². The van der Waals surface area contributed by atoms with Crippen LogP contribution in [0.4, 0.5) is 17.1 Å². The van der Waals surface area contributed by atoms with Gasteiger partial charge in [-0.25, -0.2) is 0 Å². The Balaban J connectivity index is 1.13. The second kappa shape index (κ2) is 12.5. The van der Waals surface area contributed by atoms with Crippen LogP contribution in [0, 0.1) is 0 Å². The first-order valence-corrected chi connectivity index (χ1v) is 19.6. The van der Waals surface area contributed by atoms with Crippen LogP contribution >= 0.6 is 0 Å². The third kappa shape index (κ3) is 4.87. The summed E-state index contributed by atoms with van der Waals surface area (Å²) in [6, 6.07) is 73.9. The lowest BCUT2D eigenvalue weighted by molar-refractivity contribution is 0.661. The van der Waals surface area contributed by atoms with Gasteiger partial charge in [0.25, 0.3) is 0 Å². The molecule has 0 spiro atoms. The molecular formula is C55H39N. The van der Waals surface area contributed by atoms with E-state index in [1.165, 1.54) is 93.3 Å². The Morgan fingerprint density at radius 1 is 0.357 bits per heavy atom. The quantitative estimate of drug-likeness (QED) is 0.161. The maximum atomic E-state index is 2.52. The van der Waals surface area contributed by atoms with Gasteiger partial charge < -0.3 is 4.90 Å². The van der Waals surface area contributed by atoms with E-state index in [1.54, 1.807) is 0 Å². The smallest absolute Gasteiger partial charge is 0.0546 e. The summed E-state index contributed by atoms with van der Waals surface area (Å²) in [4.78, 5) is 2.52. The van der Waals surface area contributed by atoms with E-state index in [4.69, 9.17) is 0 Å². The Hall–Kier alpha value is -6.96. The average Bonchev–Trinajstić information content (AvgIpc) is 3.50. The lowest BCUT2D eigenvalue weighted by atomic mass is 9.81. The van der Waals surface area contributed by atoms with E-state index < -0.39 is 0 Å². The van der Waals surface area contributed by atoms with E-state index in [0.717, 1.165) is 11.4 Å². The second-order valence-corrected chi connectivity index (χ2v) is 15.7. The molecular weight excluding hydrogens is 675 g/mol. The molecule has 1 aliphatic rings. The fourth-order valence-electron chi connectivity index (χ4n) is 9.66. The van der Waals surface area contributed by atoms with Crippen LogP contribution in [0.2, 0.25) is 0 Å². The number of fused-ring (bicyclic) bond motifs is 10. The molecule has 0 aliphatic heterocycles. The monoisotopic (exact) mass is 713 g/mol. The van der Waals surface area contributed by atoms with Gasteiger partial charge in [0.05, 0.1) is 11.4 Å². The van der Waals surface area contributed by atoms with Crippen molar-refractivity contribution in [1.29, 1.82) is 0 Å². The molecule has 264 valence electrons. The van der Waals surface area contributed by atoms with Gasteiger partial charge in [-0.15, -0.1) is 0 Å². The summed E-state index contributed by atoms with van der Waals surface area (Å²) >= 11 is 0. The van der Waals surface area contributed by atoms with Crippen molar-refractivity contribution in [2.45, 2.75) is 19.3 Å². The topological polar surface area (TPSA) is 3.24 Å². The first-order chi connectivity index (χ1) is 27.6. The maximum Gasteiger partial charge on any atom is 0.0546 e. The number of benzene rings is 10. The highest BCUT2D eigenvalue weighted by Crippen LogP contribution is 2.55. The lowest BCUT2D eigenvalue weighted by Crippen LogP contribution is -2.21. The Morgan fingerprint density at radius 2 is 0.929 bits per heavy atom. The van der Waals surface area contributed by atoms with Crippen LogP contribution in [-0.4, -0.2) is 0 Å². The van der Waals surface area contributed by atoms with Crippen molar-refractivity contribution >= 4 is 60.2 Å². The molecule has 0 amide bonds. The highest BCUT2D eigenvalue weighted by Gasteiger charge is 2.39. The van der Waals surface area contributed by atoms with Gasteiger partial charge in [0.1, 0.15) is 0 Å². The molecule has 0 atom stereocenters. The van der Waals surface area contributed by atoms with E-state index in [0.29, 0.717) is 0 Å². The van der Waals surface area contributed by atoms with Crippen molar-refractivity contribution in [3.8, 4) is 33.4 Å². The fourth-order valence-corrected chi connectivity index (χ4v) is 9.66. The van der Waals surface area contributed by atoms with Crippen LogP contribution in [0.15, 0.2) is 200 Å². The molecule has 0 radical (unpaired) electrons. The number of rotatable bonds is 5. The van der Waals surface area contributed by atoms with Gasteiger partial charge in [0, 0.05) is 16.7 Å². The number of anilines is 3. The van der Waals surface area contributed by atoms with Gasteiger partial charge in [0.15, 0.2) is 0 Å². The number of hydrogen-bond acceptors (Lipinski definition) is 1. The fraction of sp³-hybridized carbons (Fsp3) is 0.0545. The zero-order chi connectivity index (χ0) is 37.4. The molecule has 0 aromatic heterocycles. The zero-order valence-electron chi connectivity index (χ0n) is 31.5. The molecule has 0 saturated carbocycles. The minimum Gasteiger partial charge on any atom is -0.310 e. The number of nitrogens with zero attached hydrogens (tertiary/aromatic N) is 1. The average molecular weight is 714 g/mol. The van der Waals surface area contributed by atoms with Crippen LogP contribution in [0.25, 0.3) is 76.5 Å². The predicted molar refractivity (Wildman–Crippen MR) is 240 cm³/mol. The van der Waals surface area contributed by atoms with Crippen LogP contribution in [0.5, 0.6) is 0 Å². The van der Waals surface area contributed by atoms with Crippen molar-refractivity contribution in [1.82, 2.24) is 0 Å². The minimum absolute atomic E-state index is 0.192. The summed E-state index contributed by atoms with van der Waals surface area (Å²) in [6.07, 6.45) is 0. The van der Waals surface area contributed by atoms with Crippen molar-refractivity contribution in [3.05, 3.63) is 211 Å². The molecule has 10 aromatic carbocycles. The summed E-state index contributed by atoms with van der Waals surface area (Å²) in [5.74, 6) is 0. The van der Waals surface area contributed by atoms with Gasteiger partial charge >= 0.3 is 0 Å². The molecule has 10 aromatic rings. The first-order valence-electron chi connectivity index (χ1n) is 19.6. The predicted octanol–water partition coefficient (Wildman–Crippen LogP) is 15.4. The summed E-state index contributed by atoms with van der Waals surface area (Å²) in [7, 11) is 0. The standard InChI is InChI=1S/C55H39N/c1-55(2)50-25-13-12-23-47(50)48-24-14-26-52(54(48)55)56(51-34-30-37-15-6-7-18-41(37)53(51)38-16-4-3-5-17-38)40-31-27-36(28-32-40)39-29-33-46-44-21-9-8-19-42(44)43-20-10-11-22-45(43)49(46)35-39/h3-35H,1-2H3.